The summed E-state index contributed by atoms with van der Waals surface area (Å²) < 4.78 is 0. The molecule has 5 nitrogen and oxygen atoms in total. The minimum atomic E-state index is 0.438. The maximum absolute atomic E-state index is 5.69. The monoisotopic (exact) mass is 216 g/mol. The summed E-state index contributed by atoms with van der Waals surface area (Å²) in [5, 5.41) is 6.82. The Morgan fingerprint density at radius 3 is 3.07 bits per heavy atom. The summed E-state index contributed by atoms with van der Waals surface area (Å²) in [5.74, 6) is 1.01. The van der Waals surface area contributed by atoms with Gasteiger partial charge in [0.1, 0.15) is 22.9 Å². The van der Waals surface area contributed by atoms with Gasteiger partial charge in [0.15, 0.2) is 5.82 Å². The average molecular weight is 216 g/mol. The lowest BCUT2D eigenvalue weighted by Gasteiger charge is -2.03. The van der Waals surface area contributed by atoms with Gasteiger partial charge < -0.3 is 5.73 Å². The first-order valence-corrected chi connectivity index (χ1v) is 5.16. The topological polar surface area (TPSA) is 78.3 Å². The molecule has 1 aliphatic heterocycles. The van der Waals surface area contributed by atoms with Crippen LogP contribution < -0.4 is 11.1 Å². The van der Waals surface area contributed by atoms with Crippen LogP contribution in [0.15, 0.2) is 22.6 Å². The molecule has 0 amide bonds. The van der Waals surface area contributed by atoms with Crippen molar-refractivity contribution in [3.63, 3.8) is 0 Å². The smallest absolute Gasteiger partial charge is 0.182 e. The van der Waals surface area contributed by atoms with E-state index >= 15 is 0 Å². The molecule has 3 rings (SSSR count). The fourth-order valence-electron chi connectivity index (χ4n) is 1.42. The van der Waals surface area contributed by atoms with E-state index in [4.69, 9.17) is 5.73 Å². The van der Waals surface area contributed by atoms with Gasteiger partial charge in [0.25, 0.3) is 0 Å². The number of anilines is 1. The lowest BCUT2D eigenvalue weighted by molar-refractivity contribution is 1.20. The van der Waals surface area contributed by atoms with Crippen molar-refractivity contribution in [1.29, 1.82) is 0 Å². The Kier molecular flexibility index (Phi) is 1.69. The van der Waals surface area contributed by atoms with Crippen molar-refractivity contribution in [3.8, 4) is 10.6 Å². The highest BCUT2D eigenvalue weighted by Crippen LogP contribution is 2.39. The standard InChI is InChI=1S/C9H6N5S/c10-6-3-5(9-11-1-2-15-9)7-8(14-6)13-4-12-7/h1-4H,(H2,10,14). The highest BCUT2D eigenvalue weighted by atomic mass is 32.1. The average Bonchev–Trinajstić information content (AvgIpc) is 2.86. The first-order chi connectivity index (χ1) is 7.34. The minimum absolute atomic E-state index is 0.438. The van der Waals surface area contributed by atoms with Crippen LogP contribution in [0.3, 0.4) is 0 Å². The molecule has 2 aromatic rings. The second kappa shape index (κ2) is 3.03. The van der Waals surface area contributed by atoms with E-state index in [1.165, 1.54) is 6.34 Å². The van der Waals surface area contributed by atoms with Crippen LogP contribution in [0.1, 0.15) is 0 Å². The van der Waals surface area contributed by atoms with Gasteiger partial charge in [0, 0.05) is 17.1 Å². The van der Waals surface area contributed by atoms with E-state index in [-0.39, 0.29) is 0 Å². The maximum atomic E-state index is 5.69. The third-order valence-corrected chi connectivity index (χ3v) is 2.83. The van der Waals surface area contributed by atoms with E-state index in [1.807, 2.05) is 5.38 Å². The summed E-state index contributed by atoms with van der Waals surface area (Å²) in [6.07, 6.45) is 3.23. The Morgan fingerprint density at radius 2 is 2.27 bits per heavy atom. The zero-order valence-electron chi connectivity index (χ0n) is 7.58. The molecular weight excluding hydrogens is 210 g/mol. The molecule has 73 valence electrons. The summed E-state index contributed by atoms with van der Waals surface area (Å²) in [5.41, 5.74) is 7.33. The lowest BCUT2D eigenvalue weighted by atomic mass is 10.2. The number of aromatic nitrogens is 2. The highest BCUT2D eigenvalue weighted by Gasteiger charge is 2.17. The Labute approximate surface area is 89.7 Å². The van der Waals surface area contributed by atoms with E-state index in [2.05, 4.69) is 20.3 Å². The first kappa shape index (κ1) is 8.37. The second-order valence-corrected chi connectivity index (χ2v) is 3.87. The van der Waals surface area contributed by atoms with Gasteiger partial charge in [0.2, 0.25) is 0 Å². The third-order valence-electron chi connectivity index (χ3n) is 2.02. The number of nitrogens with two attached hydrogens (primary N) is 1. The molecule has 15 heavy (non-hydrogen) atoms. The van der Waals surface area contributed by atoms with Crippen molar-refractivity contribution in [1.82, 2.24) is 15.3 Å². The van der Waals surface area contributed by atoms with E-state index in [9.17, 15) is 0 Å². The largest absolute Gasteiger partial charge is 0.384 e. The predicted octanol–water partition coefficient (Wildman–Crippen LogP) is 1.70. The molecule has 0 saturated carbocycles. The highest BCUT2D eigenvalue weighted by molar-refractivity contribution is 7.13. The maximum Gasteiger partial charge on any atom is 0.182 e. The number of rotatable bonds is 1. The molecule has 3 heterocycles. The number of aliphatic imine (C=N–C) groups is 1. The fraction of sp³-hybridized carbons (Fsp3) is 0. The van der Waals surface area contributed by atoms with Gasteiger partial charge in [0.05, 0.1) is 0 Å². The number of nitrogen functional groups attached to an aromatic ring is 1. The third kappa shape index (κ3) is 1.26. The first-order valence-electron chi connectivity index (χ1n) is 4.28. The normalized spacial score (nSPS) is 12.5. The molecule has 0 unspecified atom stereocenters. The molecule has 0 aromatic carbocycles. The van der Waals surface area contributed by atoms with Crippen LogP contribution in [-0.2, 0) is 0 Å². The van der Waals surface area contributed by atoms with Crippen molar-refractivity contribution in [2.24, 2.45) is 4.99 Å². The van der Waals surface area contributed by atoms with E-state index in [0.717, 1.165) is 16.3 Å². The van der Waals surface area contributed by atoms with Gasteiger partial charge in [-0.05, 0) is 6.07 Å². The molecule has 0 bridgehead atoms. The van der Waals surface area contributed by atoms with Gasteiger partial charge in [-0.25, -0.2) is 20.3 Å². The van der Waals surface area contributed by atoms with E-state index in [1.54, 1.807) is 23.6 Å². The quantitative estimate of drug-likeness (QED) is 0.787. The molecule has 0 saturated heterocycles. The van der Waals surface area contributed by atoms with Crippen LogP contribution in [-0.4, -0.2) is 16.3 Å². The fourth-order valence-corrected chi connectivity index (χ4v) is 2.08. The Bertz CT molecular complexity index is 532. The molecule has 0 fully saturated rings. The molecule has 0 aliphatic carbocycles. The Morgan fingerprint density at radius 1 is 1.33 bits per heavy atom. The summed E-state index contributed by atoms with van der Waals surface area (Å²) in [4.78, 5) is 12.5. The minimum Gasteiger partial charge on any atom is -0.384 e. The Hall–Kier alpha value is -1.95. The van der Waals surface area contributed by atoms with Crippen molar-refractivity contribution >= 4 is 35.0 Å². The molecule has 0 atom stereocenters. The summed E-state index contributed by atoms with van der Waals surface area (Å²) in [7, 11) is 0. The van der Waals surface area contributed by atoms with Crippen molar-refractivity contribution in [2.45, 2.75) is 0 Å². The van der Waals surface area contributed by atoms with Crippen LogP contribution in [0, 0.1) is 0 Å². The Balaban J connectivity index is 2.27. The molecule has 2 N–H and O–H groups in total. The van der Waals surface area contributed by atoms with Crippen LogP contribution >= 0.6 is 11.3 Å². The molecular formula is C9H6N5S. The van der Waals surface area contributed by atoms with Gasteiger partial charge in [-0.15, -0.1) is 11.3 Å². The van der Waals surface area contributed by atoms with Crippen molar-refractivity contribution in [2.75, 3.05) is 5.73 Å². The van der Waals surface area contributed by atoms with Crippen LogP contribution in [0.4, 0.5) is 17.3 Å². The summed E-state index contributed by atoms with van der Waals surface area (Å²) in [6, 6.07) is 1.77. The number of hydrogen-bond acceptors (Lipinski definition) is 5. The van der Waals surface area contributed by atoms with Gasteiger partial charge in [-0.3, -0.25) is 0 Å². The number of pyridine rings is 1. The van der Waals surface area contributed by atoms with Crippen LogP contribution in [0.5, 0.6) is 0 Å². The van der Waals surface area contributed by atoms with Crippen LogP contribution in [0.2, 0.25) is 0 Å². The SMILES string of the molecule is Nc1cc(-c2nccs2)c2c(n1)[N]C=N2. The zero-order valence-corrected chi connectivity index (χ0v) is 8.40. The summed E-state index contributed by atoms with van der Waals surface area (Å²) in [6.45, 7) is 0. The van der Waals surface area contributed by atoms with Gasteiger partial charge in [-0.2, -0.15) is 0 Å². The summed E-state index contributed by atoms with van der Waals surface area (Å²) >= 11 is 1.54. The molecule has 1 radical (unpaired) electrons. The molecule has 0 spiro atoms. The number of nitrogens with zero attached hydrogens (tertiary/aromatic N) is 4. The molecule has 6 heteroatoms. The zero-order chi connectivity index (χ0) is 10.3. The predicted molar refractivity (Wildman–Crippen MR) is 59.7 cm³/mol. The van der Waals surface area contributed by atoms with Gasteiger partial charge in [-0.1, -0.05) is 0 Å². The van der Waals surface area contributed by atoms with E-state index < -0.39 is 0 Å². The molecule has 1 aliphatic rings. The number of hydrogen-bond donors (Lipinski definition) is 1. The lowest BCUT2D eigenvalue weighted by Crippen LogP contribution is -1.95. The molecule has 2 aromatic heterocycles. The van der Waals surface area contributed by atoms with Crippen LogP contribution in [0.25, 0.3) is 10.6 Å². The number of fused-ring (bicyclic) bond motifs is 1. The van der Waals surface area contributed by atoms with E-state index in [0.29, 0.717) is 11.6 Å². The second-order valence-electron chi connectivity index (χ2n) is 2.98. The number of thiazole rings is 1. The van der Waals surface area contributed by atoms with Gasteiger partial charge >= 0.3 is 0 Å². The van der Waals surface area contributed by atoms with Crippen molar-refractivity contribution < 1.29 is 0 Å². The van der Waals surface area contributed by atoms with Crippen molar-refractivity contribution in [3.05, 3.63) is 17.6 Å².